The molecule has 1 amide bonds. The Bertz CT molecular complexity index is 622. The molecule has 0 saturated heterocycles. The number of thiophene rings is 1. The molecule has 0 aliphatic carbocycles. The maximum absolute atomic E-state index is 12.0. The lowest BCUT2D eigenvalue weighted by Crippen LogP contribution is -2.33. The molecular weight excluding hydrogens is 302 g/mol. The number of ether oxygens (including phenoxy) is 1. The van der Waals surface area contributed by atoms with E-state index in [2.05, 4.69) is 5.32 Å². The Morgan fingerprint density at radius 1 is 1.27 bits per heavy atom. The van der Waals surface area contributed by atoms with Crippen LogP contribution in [0.3, 0.4) is 0 Å². The van der Waals surface area contributed by atoms with Crippen molar-refractivity contribution in [3.05, 3.63) is 52.2 Å². The van der Waals surface area contributed by atoms with Crippen LogP contribution in [0.1, 0.15) is 23.6 Å². The molecule has 1 atom stereocenters. The van der Waals surface area contributed by atoms with Crippen molar-refractivity contribution in [2.75, 3.05) is 7.11 Å². The van der Waals surface area contributed by atoms with E-state index in [1.54, 1.807) is 35.6 Å². The molecule has 2 rings (SSSR count). The lowest BCUT2D eigenvalue weighted by Gasteiger charge is -2.15. The fourth-order valence-electron chi connectivity index (χ4n) is 2.01. The molecule has 1 aromatic carbocycles. The molecule has 0 aliphatic heterocycles. The molecule has 0 fully saturated rings. The molecule has 1 heterocycles. The lowest BCUT2D eigenvalue weighted by molar-refractivity contribution is -0.142. The van der Waals surface area contributed by atoms with Crippen molar-refractivity contribution in [3.8, 4) is 5.75 Å². The second-order valence-corrected chi connectivity index (χ2v) is 5.52. The number of rotatable bonds is 7. The smallest absolute Gasteiger partial charge is 0.330 e. The first-order chi connectivity index (χ1) is 10.6. The van der Waals surface area contributed by atoms with Crippen molar-refractivity contribution in [3.63, 3.8) is 0 Å². The van der Waals surface area contributed by atoms with Crippen LogP contribution in [0.4, 0.5) is 0 Å². The monoisotopic (exact) mass is 319 g/mol. The van der Waals surface area contributed by atoms with Gasteiger partial charge in [-0.25, -0.2) is 4.79 Å². The number of hydrogen-bond acceptors (Lipinski definition) is 4. The molecule has 1 aromatic heterocycles. The number of carbonyl (C=O) groups excluding carboxylic acids is 1. The maximum Gasteiger partial charge on any atom is 0.330 e. The van der Waals surface area contributed by atoms with Crippen molar-refractivity contribution >= 4 is 23.2 Å². The summed E-state index contributed by atoms with van der Waals surface area (Å²) in [5.74, 6) is -0.736. The third-order valence-corrected chi connectivity index (χ3v) is 3.95. The minimum absolute atomic E-state index is 0.261. The van der Waals surface area contributed by atoms with Gasteiger partial charge < -0.3 is 15.2 Å². The van der Waals surface area contributed by atoms with Crippen molar-refractivity contribution in [2.24, 2.45) is 0 Å². The number of nitrogens with one attached hydrogen (secondary N) is 1. The van der Waals surface area contributed by atoms with Crippen molar-refractivity contribution < 1.29 is 19.4 Å². The van der Waals surface area contributed by atoms with Gasteiger partial charge in [-0.2, -0.15) is 11.3 Å². The Morgan fingerprint density at radius 2 is 2.00 bits per heavy atom. The van der Waals surface area contributed by atoms with Gasteiger partial charge in [-0.15, -0.1) is 0 Å². The van der Waals surface area contributed by atoms with Crippen LogP contribution in [0, 0.1) is 0 Å². The number of amides is 1. The van der Waals surface area contributed by atoms with E-state index in [9.17, 15) is 14.7 Å². The number of methoxy groups -OCH3 is 1. The molecule has 5 nitrogen and oxygen atoms in total. The number of aryl methyl sites for hydroxylation is 1. The summed E-state index contributed by atoms with van der Waals surface area (Å²) in [6.45, 7) is 0. The fraction of sp³-hybridized carbons (Fsp3) is 0.250. The lowest BCUT2D eigenvalue weighted by atomic mass is 10.1. The van der Waals surface area contributed by atoms with Gasteiger partial charge in [-0.3, -0.25) is 4.79 Å². The summed E-state index contributed by atoms with van der Waals surface area (Å²) in [5, 5.41) is 15.8. The highest BCUT2D eigenvalue weighted by Crippen LogP contribution is 2.18. The summed E-state index contributed by atoms with van der Waals surface area (Å²) in [7, 11) is 1.54. The molecule has 0 aliphatic rings. The van der Waals surface area contributed by atoms with Gasteiger partial charge in [0.15, 0.2) is 6.04 Å². The summed E-state index contributed by atoms with van der Waals surface area (Å²) in [6.07, 6.45) is 0.862. The number of carboxylic acid groups (broad SMARTS) is 1. The van der Waals surface area contributed by atoms with Gasteiger partial charge in [0.25, 0.3) is 0 Å². The van der Waals surface area contributed by atoms with Crippen LogP contribution in [0.5, 0.6) is 5.75 Å². The van der Waals surface area contributed by atoms with Gasteiger partial charge in [-0.1, -0.05) is 12.1 Å². The normalized spacial score (nSPS) is 11.7. The van der Waals surface area contributed by atoms with Gasteiger partial charge in [0.2, 0.25) is 5.91 Å². The largest absolute Gasteiger partial charge is 0.497 e. The first-order valence-electron chi connectivity index (χ1n) is 6.77. The molecule has 0 saturated carbocycles. The Hall–Kier alpha value is -2.34. The maximum atomic E-state index is 12.0. The van der Waals surface area contributed by atoms with E-state index in [0.29, 0.717) is 17.7 Å². The Morgan fingerprint density at radius 3 is 2.55 bits per heavy atom. The van der Waals surface area contributed by atoms with Crippen LogP contribution in [0.2, 0.25) is 0 Å². The quantitative estimate of drug-likeness (QED) is 0.822. The standard InChI is InChI=1S/C16H17NO4S/c1-21-13-5-3-12(4-6-13)15(16(19)20)17-14(18)7-2-11-8-9-22-10-11/h3-6,8-10,15H,2,7H2,1H3,(H,17,18)(H,19,20). The minimum Gasteiger partial charge on any atom is -0.497 e. The van der Waals surface area contributed by atoms with Crippen LogP contribution in [-0.2, 0) is 16.0 Å². The van der Waals surface area contributed by atoms with Crippen molar-refractivity contribution in [1.29, 1.82) is 0 Å². The molecule has 0 spiro atoms. The molecule has 2 aromatic rings. The Kier molecular flexibility index (Phi) is 5.55. The third-order valence-electron chi connectivity index (χ3n) is 3.22. The summed E-state index contributed by atoms with van der Waals surface area (Å²) < 4.78 is 5.04. The highest BCUT2D eigenvalue weighted by molar-refractivity contribution is 7.07. The number of carboxylic acids is 1. The summed E-state index contributed by atoms with van der Waals surface area (Å²) in [4.78, 5) is 23.3. The minimum atomic E-state index is -1.09. The zero-order chi connectivity index (χ0) is 15.9. The van der Waals surface area contributed by atoms with E-state index in [-0.39, 0.29) is 12.3 Å². The van der Waals surface area contributed by atoms with E-state index in [4.69, 9.17) is 4.74 Å². The van der Waals surface area contributed by atoms with Crippen LogP contribution in [0.25, 0.3) is 0 Å². The second-order valence-electron chi connectivity index (χ2n) is 4.74. The Balaban J connectivity index is 1.98. The molecule has 116 valence electrons. The van der Waals surface area contributed by atoms with Gasteiger partial charge in [-0.05, 0) is 46.5 Å². The van der Waals surface area contributed by atoms with Gasteiger partial charge in [0.1, 0.15) is 5.75 Å². The number of hydrogen-bond donors (Lipinski definition) is 2. The number of benzene rings is 1. The number of carbonyl (C=O) groups is 2. The average Bonchev–Trinajstić information content (AvgIpc) is 3.04. The summed E-state index contributed by atoms with van der Waals surface area (Å²) >= 11 is 1.57. The first kappa shape index (κ1) is 16.0. The Labute approximate surface area is 132 Å². The summed E-state index contributed by atoms with van der Waals surface area (Å²) in [5.41, 5.74) is 1.59. The molecule has 6 heteroatoms. The topological polar surface area (TPSA) is 75.6 Å². The van der Waals surface area contributed by atoms with Crippen molar-refractivity contribution in [1.82, 2.24) is 5.32 Å². The van der Waals surface area contributed by atoms with Crippen molar-refractivity contribution in [2.45, 2.75) is 18.9 Å². The van der Waals surface area contributed by atoms with E-state index in [1.165, 1.54) is 7.11 Å². The SMILES string of the molecule is COc1ccc(C(NC(=O)CCc2ccsc2)C(=O)O)cc1. The van der Waals surface area contributed by atoms with Gasteiger partial charge in [0.05, 0.1) is 7.11 Å². The van der Waals surface area contributed by atoms with Crippen LogP contribution in [0.15, 0.2) is 41.1 Å². The van der Waals surface area contributed by atoms with E-state index in [0.717, 1.165) is 5.56 Å². The average molecular weight is 319 g/mol. The highest BCUT2D eigenvalue weighted by atomic mass is 32.1. The molecule has 0 radical (unpaired) electrons. The van der Waals surface area contributed by atoms with Crippen LogP contribution < -0.4 is 10.1 Å². The second kappa shape index (κ2) is 7.61. The van der Waals surface area contributed by atoms with Crippen LogP contribution >= 0.6 is 11.3 Å². The predicted octanol–water partition coefficient (Wildman–Crippen LogP) is 2.63. The van der Waals surface area contributed by atoms with E-state index < -0.39 is 12.0 Å². The third kappa shape index (κ3) is 4.33. The zero-order valence-corrected chi connectivity index (χ0v) is 12.9. The first-order valence-corrected chi connectivity index (χ1v) is 7.71. The van der Waals surface area contributed by atoms with Gasteiger partial charge >= 0.3 is 5.97 Å². The zero-order valence-electron chi connectivity index (χ0n) is 12.1. The van der Waals surface area contributed by atoms with Gasteiger partial charge in [0, 0.05) is 6.42 Å². The molecule has 0 bridgehead atoms. The molecule has 2 N–H and O–H groups in total. The summed E-state index contributed by atoms with van der Waals surface area (Å²) in [6, 6.07) is 7.51. The van der Waals surface area contributed by atoms with E-state index in [1.807, 2.05) is 16.8 Å². The van der Waals surface area contributed by atoms with E-state index >= 15 is 0 Å². The van der Waals surface area contributed by atoms with Crippen LogP contribution in [-0.4, -0.2) is 24.1 Å². The fourth-order valence-corrected chi connectivity index (χ4v) is 2.71. The number of aliphatic carboxylic acids is 1. The highest BCUT2D eigenvalue weighted by Gasteiger charge is 2.21. The molecule has 22 heavy (non-hydrogen) atoms. The molecular formula is C16H17NO4S. The predicted molar refractivity (Wildman–Crippen MR) is 84.2 cm³/mol. The molecule has 1 unspecified atom stereocenters.